The van der Waals surface area contributed by atoms with E-state index in [4.69, 9.17) is 45.7 Å². The Morgan fingerprint density at radius 2 is 1.90 bits per heavy atom. The van der Waals surface area contributed by atoms with Crippen LogP contribution in [-0.4, -0.2) is 0 Å². The maximum absolute atomic E-state index is 10.8. The molecule has 0 saturated heterocycles. The second-order valence-corrected chi connectivity index (χ2v) is 6.83. The summed E-state index contributed by atoms with van der Waals surface area (Å²) in [4.78, 5) is 0. The van der Waals surface area contributed by atoms with Crippen molar-refractivity contribution in [2.24, 2.45) is 0 Å². The van der Waals surface area contributed by atoms with Gasteiger partial charge in [0, 0.05) is 5.54 Å². The normalized spacial score (nSPS) is 13.4. The molecule has 0 radical (unpaired) electrons. The molecule has 0 heterocycles. The molecule has 0 saturated carbocycles. The minimum absolute atomic E-state index is 0.00926. The molecule has 0 aromatic heterocycles. The van der Waals surface area contributed by atoms with E-state index in [0.29, 0.717) is 0 Å². The minimum atomic E-state index is -3.36. The van der Waals surface area contributed by atoms with E-state index in [-0.39, 0.29) is 10.3 Å². The minimum Gasteiger partial charge on any atom is -0.284 e. The van der Waals surface area contributed by atoms with Crippen LogP contribution in [-0.2, 0) is 4.57 Å². The van der Waals surface area contributed by atoms with Gasteiger partial charge in [-0.2, -0.15) is 0 Å². The Hall–Kier alpha value is 0.870. The average molecular weight is 240 g/mol. The van der Waals surface area contributed by atoms with Crippen LogP contribution >= 0.6 is 51.5 Å². The predicted octanol–water partition coefficient (Wildman–Crippen LogP) is 4.49. The summed E-state index contributed by atoms with van der Waals surface area (Å²) in [6.45, 7) is 3.29. The van der Waals surface area contributed by atoms with Crippen molar-refractivity contribution in [3.8, 4) is 0 Å². The molecule has 0 aliphatic heterocycles. The Morgan fingerprint density at radius 1 is 1.50 bits per heavy atom. The second-order valence-electron chi connectivity index (χ2n) is 1.37. The van der Waals surface area contributed by atoms with Gasteiger partial charge in [-0.1, -0.05) is 29.8 Å². The van der Waals surface area contributed by atoms with Crippen molar-refractivity contribution in [2.75, 3.05) is 0 Å². The highest BCUT2D eigenvalue weighted by molar-refractivity contribution is 8.11. The fraction of sp³-hybridized carbons (Fsp3) is 0. The molecule has 0 atom stereocenters. The van der Waals surface area contributed by atoms with E-state index in [1.54, 1.807) is 0 Å². The van der Waals surface area contributed by atoms with Crippen LogP contribution in [0.3, 0.4) is 0 Å². The first-order valence-corrected chi connectivity index (χ1v) is 6.37. The highest BCUT2D eigenvalue weighted by Gasteiger charge is 2.20. The topological polar surface area (TPSA) is 17.1 Å². The van der Waals surface area contributed by atoms with Gasteiger partial charge in [0.1, 0.15) is 0 Å². The summed E-state index contributed by atoms with van der Waals surface area (Å²) in [7, 11) is 0. The number of hydrogen-bond acceptors (Lipinski definition) is 1. The van der Waals surface area contributed by atoms with Gasteiger partial charge in [-0.15, -0.1) is 0 Å². The van der Waals surface area contributed by atoms with Crippen molar-refractivity contribution in [3.63, 3.8) is 0 Å². The van der Waals surface area contributed by atoms with Crippen molar-refractivity contribution in [2.45, 2.75) is 0 Å². The highest BCUT2D eigenvalue weighted by atomic mass is 35.9. The lowest BCUT2D eigenvalue weighted by atomic mass is 10.6. The predicted molar refractivity (Wildman–Crippen MR) is 48.2 cm³/mol. The van der Waals surface area contributed by atoms with Crippen molar-refractivity contribution >= 4 is 51.5 Å². The van der Waals surface area contributed by atoms with Gasteiger partial charge in [0.05, 0.1) is 10.3 Å². The average Bonchev–Trinajstić information content (AvgIpc) is 1.83. The van der Waals surface area contributed by atoms with Gasteiger partial charge in [0.2, 0.25) is 0 Å². The van der Waals surface area contributed by atoms with Crippen LogP contribution in [0.1, 0.15) is 0 Å². The zero-order valence-corrected chi connectivity index (χ0v) is 8.57. The number of halogens is 4. The first-order chi connectivity index (χ1) is 4.39. The molecule has 0 N–H and O–H groups in total. The van der Waals surface area contributed by atoms with E-state index in [1.807, 2.05) is 0 Å². The lowest BCUT2D eigenvalue weighted by Gasteiger charge is -2.01. The van der Waals surface area contributed by atoms with E-state index in [2.05, 4.69) is 6.58 Å². The summed E-state index contributed by atoms with van der Waals surface area (Å²) in [5, 5.41) is -0.0394. The molecule has 0 aliphatic carbocycles. The van der Waals surface area contributed by atoms with Crippen LogP contribution in [0, 0.1) is 0 Å². The SMILES string of the molecule is C=C(/C(Cl)=C/Cl)P(=O)(Cl)Cl. The molecule has 0 aliphatic rings. The number of rotatable bonds is 2. The lowest BCUT2D eigenvalue weighted by molar-refractivity contribution is 0.596. The van der Waals surface area contributed by atoms with E-state index < -0.39 is 5.85 Å². The van der Waals surface area contributed by atoms with E-state index >= 15 is 0 Å². The van der Waals surface area contributed by atoms with Crippen molar-refractivity contribution in [3.05, 3.63) is 22.5 Å². The third-order valence-electron chi connectivity index (χ3n) is 0.686. The summed E-state index contributed by atoms with van der Waals surface area (Å²) in [6, 6.07) is 0. The first-order valence-electron chi connectivity index (χ1n) is 2.04. The standard InChI is InChI=1S/C4H3Cl4OP/c1-3(4(6)2-5)10(7,8)9/h2H,1H2/b4-2-. The maximum atomic E-state index is 10.8. The fourth-order valence-electron chi connectivity index (χ4n) is 0.187. The Morgan fingerprint density at radius 3 is 2.00 bits per heavy atom. The van der Waals surface area contributed by atoms with Crippen LogP contribution in [0.25, 0.3) is 0 Å². The molecule has 0 aromatic rings. The van der Waals surface area contributed by atoms with Crippen LogP contribution in [0.2, 0.25) is 0 Å². The Labute approximate surface area is 78.5 Å². The lowest BCUT2D eigenvalue weighted by Crippen LogP contribution is -1.71. The molecule has 0 rings (SSSR count). The van der Waals surface area contributed by atoms with Crippen LogP contribution in [0.4, 0.5) is 0 Å². The summed E-state index contributed by atoms with van der Waals surface area (Å²) < 4.78 is 10.8. The van der Waals surface area contributed by atoms with Crippen LogP contribution < -0.4 is 0 Å². The molecule has 58 valence electrons. The third kappa shape index (κ3) is 3.32. The molecular formula is C4H3Cl4OP. The van der Waals surface area contributed by atoms with E-state index in [0.717, 1.165) is 5.54 Å². The van der Waals surface area contributed by atoms with Gasteiger partial charge >= 0.3 is 0 Å². The van der Waals surface area contributed by atoms with Gasteiger partial charge in [0.15, 0.2) is 0 Å². The fourth-order valence-corrected chi connectivity index (χ4v) is 1.87. The molecule has 0 amide bonds. The third-order valence-corrected chi connectivity index (χ3v) is 3.58. The van der Waals surface area contributed by atoms with Gasteiger partial charge in [-0.25, -0.2) is 0 Å². The Bertz CT molecular complexity index is 215. The van der Waals surface area contributed by atoms with Gasteiger partial charge < -0.3 is 0 Å². The first kappa shape index (κ1) is 10.9. The Kier molecular flexibility index (Phi) is 4.39. The molecule has 1 nitrogen and oxygen atoms in total. The zero-order valence-electron chi connectivity index (χ0n) is 4.65. The number of allylic oxidation sites excluding steroid dienone is 2. The van der Waals surface area contributed by atoms with Gasteiger partial charge in [0.25, 0.3) is 5.85 Å². The van der Waals surface area contributed by atoms with Crippen LogP contribution in [0.15, 0.2) is 22.5 Å². The van der Waals surface area contributed by atoms with Crippen LogP contribution in [0.5, 0.6) is 0 Å². The van der Waals surface area contributed by atoms with Crippen molar-refractivity contribution < 1.29 is 4.57 Å². The summed E-state index contributed by atoms with van der Waals surface area (Å²) in [5.74, 6) is -3.36. The summed E-state index contributed by atoms with van der Waals surface area (Å²) in [6.07, 6.45) is 0. The molecule has 0 spiro atoms. The monoisotopic (exact) mass is 238 g/mol. The summed E-state index contributed by atoms with van der Waals surface area (Å²) >= 11 is 20.9. The quantitative estimate of drug-likeness (QED) is 0.513. The molecule has 0 aromatic carbocycles. The second kappa shape index (κ2) is 4.04. The van der Waals surface area contributed by atoms with Crippen molar-refractivity contribution in [1.82, 2.24) is 0 Å². The van der Waals surface area contributed by atoms with Gasteiger partial charge in [-0.3, -0.25) is 4.57 Å². The number of hydrogen-bond donors (Lipinski definition) is 0. The maximum Gasteiger partial charge on any atom is 0.282 e. The van der Waals surface area contributed by atoms with Crippen molar-refractivity contribution in [1.29, 1.82) is 0 Å². The van der Waals surface area contributed by atoms with Gasteiger partial charge in [-0.05, 0) is 22.5 Å². The molecule has 0 fully saturated rings. The van der Waals surface area contributed by atoms with E-state index in [1.165, 1.54) is 0 Å². The largest absolute Gasteiger partial charge is 0.284 e. The summed E-state index contributed by atoms with van der Waals surface area (Å²) in [5.41, 5.74) is 1.00. The molecule has 0 bridgehead atoms. The molecule has 6 heteroatoms. The van der Waals surface area contributed by atoms with E-state index in [9.17, 15) is 4.57 Å². The Balaban J connectivity index is 4.56. The molecule has 0 unspecified atom stereocenters. The molecular weight excluding hydrogens is 237 g/mol. The zero-order chi connectivity index (χ0) is 8.36. The highest BCUT2D eigenvalue weighted by Crippen LogP contribution is 2.65. The molecule has 10 heavy (non-hydrogen) atoms. The smallest absolute Gasteiger partial charge is 0.282 e.